The van der Waals surface area contributed by atoms with Gasteiger partial charge in [-0.3, -0.25) is 9.36 Å². The van der Waals surface area contributed by atoms with Crippen molar-refractivity contribution in [3.63, 3.8) is 0 Å². The minimum absolute atomic E-state index is 0.171. The van der Waals surface area contributed by atoms with Gasteiger partial charge in [0.2, 0.25) is 0 Å². The van der Waals surface area contributed by atoms with Crippen LogP contribution in [0.25, 0.3) is 11.8 Å². The van der Waals surface area contributed by atoms with Crippen LogP contribution in [-0.2, 0) is 16.1 Å². The molecule has 1 atom stereocenters. The highest BCUT2D eigenvalue weighted by Crippen LogP contribution is 2.36. The Morgan fingerprint density at radius 2 is 1.72 bits per heavy atom. The zero-order valence-electron chi connectivity index (χ0n) is 24.2. The third-order valence-corrected chi connectivity index (χ3v) is 10.2. The van der Waals surface area contributed by atoms with Gasteiger partial charge in [-0.15, -0.1) is 0 Å². The van der Waals surface area contributed by atoms with Gasteiger partial charge in [0.15, 0.2) is 4.80 Å². The molecule has 0 bridgehead atoms. The number of fused-ring (bicyclic) bond motifs is 1. The molecule has 0 radical (unpaired) electrons. The molecule has 232 valence electrons. The fourth-order valence-electron chi connectivity index (χ4n) is 5.15. The lowest BCUT2D eigenvalue weighted by molar-refractivity contribution is -0.138. The molecule has 0 saturated heterocycles. The van der Waals surface area contributed by atoms with Crippen LogP contribution in [-0.4, -0.2) is 17.1 Å². The molecular weight excluding hydrogens is 869 g/mol. The summed E-state index contributed by atoms with van der Waals surface area (Å²) in [5, 5.41) is 1.16. The molecule has 0 fully saturated rings. The summed E-state index contributed by atoms with van der Waals surface area (Å²) in [6.07, 6.45) is 1.82. The second-order valence-corrected chi connectivity index (χ2v) is 14.4. The van der Waals surface area contributed by atoms with Gasteiger partial charge in [-0.25, -0.2) is 9.79 Å². The maximum atomic E-state index is 14.4. The molecule has 0 unspecified atom stereocenters. The number of carbonyl (C=O) groups excluding carboxylic acids is 1. The fraction of sp³-hybridized carbons (Fsp3) is 0.114. The van der Waals surface area contributed by atoms with Crippen molar-refractivity contribution in [1.82, 2.24) is 4.57 Å². The summed E-state index contributed by atoms with van der Waals surface area (Å²) in [6.45, 7) is 2.18. The van der Waals surface area contributed by atoms with Crippen molar-refractivity contribution < 1.29 is 14.3 Å². The average molecular weight is 893 g/mol. The van der Waals surface area contributed by atoms with Crippen LogP contribution in [0.1, 0.15) is 35.2 Å². The molecule has 0 spiro atoms. The number of esters is 1. The van der Waals surface area contributed by atoms with E-state index in [0.29, 0.717) is 36.4 Å². The Labute approximate surface area is 306 Å². The first-order chi connectivity index (χ1) is 22.2. The molecule has 6 rings (SSSR count). The highest BCUT2D eigenvalue weighted by atomic mass is 127. The molecule has 5 aromatic rings. The van der Waals surface area contributed by atoms with Crippen LogP contribution in [0.4, 0.5) is 0 Å². The Balaban J connectivity index is 1.56. The molecule has 2 heterocycles. The second-order valence-electron chi connectivity index (χ2n) is 10.2. The number of aromatic nitrogens is 1. The van der Waals surface area contributed by atoms with E-state index >= 15 is 0 Å². The van der Waals surface area contributed by atoms with Crippen LogP contribution in [0.15, 0.2) is 106 Å². The van der Waals surface area contributed by atoms with Gasteiger partial charge in [-0.1, -0.05) is 95.2 Å². The largest absolute Gasteiger partial charge is 0.487 e. The lowest BCUT2D eigenvalue weighted by Crippen LogP contribution is -2.40. The monoisotopic (exact) mass is 892 g/mol. The zero-order chi connectivity index (χ0) is 32.4. The standard InChI is InChI=1S/C35H24Cl2I2N2O4S/c1-2-44-34(43)29-30(20-8-4-3-5-9-20)40-35-41(31(29)21-12-14-24(36)15-13-21)33(42)28(46-35)17-23-16-25(38)18-27(39)32(23)45-19-22-10-6-7-11-26(22)37/h3-18,31H,2,19H2,1H3/b28-17-/t31-/m0/s1. The van der Waals surface area contributed by atoms with E-state index in [1.807, 2.05) is 84.9 Å². The SMILES string of the molecule is CCOC(=O)C1=C(c2ccccc2)N=c2s/c(=C\c3cc(I)cc(I)c3OCc3ccccc3Cl)c(=O)n2[C@H]1c1ccc(Cl)cc1. The molecule has 6 nitrogen and oxygen atoms in total. The van der Waals surface area contributed by atoms with E-state index in [4.69, 9.17) is 37.7 Å². The molecule has 0 saturated carbocycles. The van der Waals surface area contributed by atoms with Crippen LogP contribution >= 0.6 is 79.7 Å². The van der Waals surface area contributed by atoms with Crippen molar-refractivity contribution in [1.29, 1.82) is 0 Å². The van der Waals surface area contributed by atoms with Crippen LogP contribution in [0.5, 0.6) is 5.75 Å². The van der Waals surface area contributed by atoms with Crippen molar-refractivity contribution in [2.75, 3.05) is 6.61 Å². The predicted molar refractivity (Wildman–Crippen MR) is 200 cm³/mol. The first-order valence-electron chi connectivity index (χ1n) is 14.1. The van der Waals surface area contributed by atoms with Gasteiger partial charge >= 0.3 is 5.97 Å². The molecule has 0 aliphatic carbocycles. The first kappa shape index (κ1) is 33.0. The fourth-order valence-corrected chi connectivity index (χ4v) is 8.50. The van der Waals surface area contributed by atoms with E-state index in [9.17, 15) is 9.59 Å². The van der Waals surface area contributed by atoms with Crippen LogP contribution in [0.3, 0.4) is 0 Å². The number of benzene rings is 4. The van der Waals surface area contributed by atoms with E-state index in [2.05, 4.69) is 45.2 Å². The van der Waals surface area contributed by atoms with Crippen molar-refractivity contribution in [3.05, 3.63) is 156 Å². The summed E-state index contributed by atoms with van der Waals surface area (Å²) in [5.74, 6) is 0.0972. The van der Waals surface area contributed by atoms with Gasteiger partial charge in [0.05, 0.1) is 32.0 Å². The molecular formula is C35H24Cl2I2N2O4S. The lowest BCUT2D eigenvalue weighted by Gasteiger charge is -2.26. The molecule has 0 amide bonds. The number of nitrogens with zero attached hydrogens (tertiary/aromatic N) is 2. The van der Waals surface area contributed by atoms with Crippen LogP contribution < -0.4 is 19.6 Å². The van der Waals surface area contributed by atoms with Crippen LogP contribution in [0.2, 0.25) is 10.0 Å². The number of ether oxygens (including phenoxy) is 2. The van der Waals surface area contributed by atoms with Gasteiger partial charge in [0, 0.05) is 30.3 Å². The van der Waals surface area contributed by atoms with E-state index in [-0.39, 0.29) is 24.3 Å². The topological polar surface area (TPSA) is 69.9 Å². The molecule has 0 N–H and O–H groups in total. The Morgan fingerprint density at radius 1 is 1.00 bits per heavy atom. The molecule has 1 aliphatic heterocycles. The Bertz CT molecular complexity index is 2160. The van der Waals surface area contributed by atoms with E-state index in [1.165, 1.54) is 11.3 Å². The van der Waals surface area contributed by atoms with E-state index in [1.54, 1.807) is 23.6 Å². The normalized spacial score (nSPS) is 14.5. The number of carbonyl (C=O) groups is 1. The van der Waals surface area contributed by atoms with Gasteiger partial charge in [-0.05, 0) is 94.1 Å². The quantitative estimate of drug-likeness (QED) is 0.117. The summed E-state index contributed by atoms with van der Waals surface area (Å²) < 4.78 is 15.8. The maximum absolute atomic E-state index is 14.4. The lowest BCUT2D eigenvalue weighted by atomic mass is 9.93. The Kier molecular flexibility index (Phi) is 10.3. The van der Waals surface area contributed by atoms with Crippen molar-refractivity contribution in [2.24, 2.45) is 4.99 Å². The zero-order valence-corrected chi connectivity index (χ0v) is 30.8. The molecule has 1 aromatic heterocycles. The number of hydrogen-bond donors (Lipinski definition) is 0. The Morgan fingerprint density at radius 3 is 2.43 bits per heavy atom. The summed E-state index contributed by atoms with van der Waals surface area (Å²) in [5.41, 5.74) is 3.49. The van der Waals surface area contributed by atoms with Gasteiger partial charge in [0.1, 0.15) is 12.4 Å². The predicted octanol–water partition coefficient (Wildman–Crippen LogP) is 8.03. The minimum Gasteiger partial charge on any atom is -0.487 e. The number of halogens is 4. The third kappa shape index (κ3) is 6.84. The summed E-state index contributed by atoms with van der Waals surface area (Å²) in [4.78, 5) is 33.4. The molecule has 1 aliphatic rings. The third-order valence-electron chi connectivity index (χ3n) is 7.21. The number of hydrogen-bond acceptors (Lipinski definition) is 6. The maximum Gasteiger partial charge on any atom is 0.338 e. The molecule has 46 heavy (non-hydrogen) atoms. The Hall–Kier alpha value is -2.97. The van der Waals surface area contributed by atoms with Gasteiger partial charge in [-0.2, -0.15) is 0 Å². The number of thiazole rings is 1. The summed E-state index contributed by atoms with van der Waals surface area (Å²) in [7, 11) is 0. The van der Waals surface area contributed by atoms with Gasteiger partial charge < -0.3 is 9.47 Å². The number of rotatable bonds is 8. The second kappa shape index (κ2) is 14.4. The smallest absolute Gasteiger partial charge is 0.338 e. The highest BCUT2D eigenvalue weighted by molar-refractivity contribution is 14.1. The highest BCUT2D eigenvalue weighted by Gasteiger charge is 2.35. The van der Waals surface area contributed by atoms with E-state index in [0.717, 1.165) is 23.8 Å². The first-order valence-corrected chi connectivity index (χ1v) is 17.9. The summed E-state index contributed by atoms with van der Waals surface area (Å²) >= 11 is 18.4. The van der Waals surface area contributed by atoms with Crippen LogP contribution in [0, 0.1) is 7.14 Å². The average Bonchev–Trinajstić information content (AvgIpc) is 3.35. The molecule has 4 aromatic carbocycles. The molecule has 11 heteroatoms. The van der Waals surface area contributed by atoms with Crippen molar-refractivity contribution in [3.8, 4) is 5.75 Å². The minimum atomic E-state index is -0.795. The summed E-state index contributed by atoms with van der Waals surface area (Å²) in [6, 6.07) is 27.3. The van der Waals surface area contributed by atoms with Crippen molar-refractivity contribution >= 4 is 97.5 Å². The van der Waals surface area contributed by atoms with Crippen molar-refractivity contribution in [2.45, 2.75) is 19.6 Å². The van der Waals surface area contributed by atoms with Gasteiger partial charge in [0.25, 0.3) is 5.56 Å². The van der Waals surface area contributed by atoms with E-state index < -0.39 is 12.0 Å².